The number of hydrogen-bond acceptors (Lipinski definition) is 3. The number of benzene rings is 3. The van der Waals surface area contributed by atoms with Gasteiger partial charge in [0.15, 0.2) is 0 Å². The van der Waals surface area contributed by atoms with Gasteiger partial charge in [0.05, 0.1) is 22.5 Å². The van der Waals surface area contributed by atoms with Crippen molar-refractivity contribution in [2.75, 3.05) is 5.32 Å². The molecule has 0 unspecified atom stereocenters. The average molecular weight is 449 g/mol. The van der Waals surface area contributed by atoms with Gasteiger partial charge in [0, 0.05) is 24.0 Å². The number of rotatable bonds is 6. The Morgan fingerprint density at radius 2 is 1.75 bits per heavy atom. The van der Waals surface area contributed by atoms with Crippen molar-refractivity contribution in [1.29, 1.82) is 0 Å². The highest BCUT2D eigenvalue weighted by molar-refractivity contribution is 6.32. The Morgan fingerprint density at radius 3 is 2.56 bits per heavy atom. The summed E-state index contributed by atoms with van der Waals surface area (Å²) in [6.07, 6.45) is 3.07. The van der Waals surface area contributed by atoms with E-state index in [1.54, 1.807) is 41.2 Å². The minimum atomic E-state index is -0.480. The van der Waals surface area contributed by atoms with Crippen LogP contribution in [-0.4, -0.2) is 21.6 Å². The molecule has 4 rings (SSSR count). The zero-order chi connectivity index (χ0) is 22.5. The Bertz CT molecular complexity index is 1290. The van der Waals surface area contributed by atoms with Gasteiger partial charge in [0.25, 0.3) is 11.8 Å². The summed E-state index contributed by atoms with van der Waals surface area (Å²) < 4.78 is 14.9. The summed E-state index contributed by atoms with van der Waals surface area (Å²) >= 11 is 6.18. The lowest BCUT2D eigenvalue weighted by Gasteiger charge is -2.09. The minimum absolute atomic E-state index is 0.222. The van der Waals surface area contributed by atoms with Gasteiger partial charge in [-0.1, -0.05) is 41.9 Å². The lowest BCUT2D eigenvalue weighted by molar-refractivity contribution is 0.0950. The maximum atomic E-state index is 13.3. The maximum absolute atomic E-state index is 13.3. The van der Waals surface area contributed by atoms with Crippen LogP contribution in [0.3, 0.4) is 0 Å². The van der Waals surface area contributed by atoms with E-state index in [0.717, 1.165) is 5.56 Å². The number of carbonyl (C=O) groups is 2. The number of nitrogens with zero attached hydrogens (tertiary/aromatic N) is 2. The first-order valence-corrected chi connectivity index (χ1v) is 10.1. The molecule has 0 fully saturated rings. The zero-order valence-electron chi connectivity index (χ0n) is 16.8. The second kappa shape index (κ2) is 9.45. The fraction of sp³-hybridized carbons (Fsp3) is 0.0417. The molecule has 2 N–H and O–H groups in total. The van der Waals surface area contributed by atoms with Crippen LogP contribution in [0.2, 0.25) is 5.02 Å². The summed E-state index contributed by atoms with van der Waals surface area (Å²) in [6, 6.07) is 19.7. The SMILES string of the molecule is O=C(NCc1cccc(NC(=O)c2cccc(F)c2)c1)c1cnn(-c2ccccc2Cl)c1. The standard InChI is InChI=1S/C24H18ClFN4O2/c25-21-9-1-2-10-22(21)30-15-18(14-28-30)23(31)27-13-16-5-3-8-20(11-16)29-24(32)17-6-4-7-19(26)12-17/h1-12,14-15H,13H2,(H,27,31)(H,29,32). The molecule has 2 amide bonds. The molecule has 0 spiro atoms. The number of halogens is 2. The summed E-state index contributed by atoms with van der Waals surface area (Å²) in [6.45, 7) is 0.250. The largest absolute Gasteiger partial charge is 0.348 e. The van der Waals surface area contributed by atoms with E-state index in [1.165, 1.54) is 30.5 Å². The molecule has 3 aromatic carbocycles. The first kappa shape index (κ1) is 21.3. The van der Waals surface area contributed by atoms with Gasteiger partial charge in [-0.25, -0.2) is 9.07 Å². The molecule has 8 heteroatoms. The van der Waals surface area contributed by atoms with E-state index in [0.29, 0.717) is 22.0 Å². The van der Waals surface area contributed by atoms with Crippen molar-refractivity contribution in [2.24, 2.45) is 0 Å². The second-order valence-corrected chi connectivity index (χ2v) is 7.38. The van der Waals surface area contributed by atoms with Crippen LogP contribution < -0.4 is 10.6 Å². The summed E-state index contributed by atoms with van der Waals surface area (Å²) in [7, 11) is 0. The van der Waals surface area contributed by atoms with Crippen LogP contribution in [0.1, 0.15) is 26.3 Å². The van der Waals surface area contributed by atoms with Crippen molar-refractivity contribution in [3.05, 3.63) is 113 Å². The van der Waals surface area contributed by atoms with Gasteiger partial charge in [-0.3, -0.25) is 9.59 Å². The molecule has 0 radical (unpaired) electrons. The molecule has 0 saturated carbocycles. The molecule has 160 valence electrons. The zero-order valence-corrected chi connectivity index (χ0v) is 17.5. The Labute approximate surface area is 188 Å². The number of nitrogens with one attached hydrogen (secondary N) is 2. The van der Waals surface area contributed by atoms with Crippen molar-refractivity contribution in [1.82, 2.24) is 15.1 Å². The van der Waals surface area contributed by atoms with Crippen LogP contribution in [0, 0.1) is 5.82 Å². The third kappa shape index (κ3) is 5.01. The number of anilines is 1. The molecule has 0 aliphatic rings. The molecule has 0 aliphatic carbocycles. The second-order valence-electron chi connectivity index (χ2n) is 6.97. The van der Waals surface area contributed by atoms with Crippen LogP contribution in [0.4, 0.5) is 10.1 Å². The predicted octanol–water partition coefficient (Wildman–Crippen LogP) is 4.85. The molecular formula is C24H18ClFN4O2. The highest BCUT2D eigenvalue weighted by Crippen LogP contribution is 2.19. The van der Waals surface area contributed by atoms with Gasteiger partial charge in [-0.05, 0) is 48.0 Å². The van der Waals surface area contributed by atoms with Crippen LogP contribution in [0.15, 0.2) is 85.2 Å². The Hall–Kier alpha value is -3.97. The van der Waals surface area contributed by atoms with Crippen molar-refractivity contribution in [3.63, 3.8) is 0 Å². The summed E-state index contributed by atoms with van der Waals surface area (Å²) in [5.41, 5.74) is 2.61. The van der Waals surface area contributed by atoms with Gasteiger partial charge in [0.2, 0.25) is 0 Å². The Kier molecular flexibility index (Phi) is 6.28. The van der Waals surface area contributed by atoms with E-state index in [2.05, 4.69) is 15.7 Å². The fourth-order valence-electron chi connectivity index (χ4n) is 3.09. The summed E-state index contributed by atoms with van der Waals surface area (Å²) in [4.78, 5) is 24.8. The van der Waals surface area contributed by atoms with Crippen LogP contribution in [0.25, 0.3) is 5.69 Å². The molecule has 1 heterocycles. The van der Waals surface area contributed by atoms with Crippen molar-refractivity contribution in [3.8, 4) is 5.69 Å². The molecule has 6 nitrogen and oxygen atoms in total. The highest BCUT2D eigenvalue weighted by Gasteiger charge is 2.11. The van der Waals surface area contributed by atoms with Gasteiger partial charge >= 0.3 is 0 Å². The number of carbonyl (C=O) groups excluding carboxylic acids is 2. The highest BCUT2D eigenvalue weighted by atomic mass is 35.5. The van der Waals surface area contributed by atoms with E-state index < -0.39 is 11.7 Å². The summed E-state index contributed by atoms with van der Waals surface area (Å²) in [5.74, 6) is -1.19. The Balaban J connectivity index is 1.39. The normalized spacial score (nSPS) is 10.6. The predicted molar refractivity (Wildman–Crippen MR) is 121 cm³/mol. The van der Waals surface area contributed by atoms with Crippen molar-refractivity contribution < 1.29 is 14.0 Å². The van der Waals surface area contributed by atoms with Gasteiger partial charge < -0.3 is 10.6 Å². The van der Waals surface area contributed by atoms with E-state index in [-0.39, 0.29) is 18.0 Å². The molecule has 0 atom stereocenters. The first-order valence-electron chi connectivity index (χ1n) is 9.73. The minimum Gasteiger partial charge on any atom is -0.348 e. The molecule has 4 aromatic rings. The molecular weight excluding hydrogens is 431 g/mol. The fourth-order valence-corrected chi connectivity index (χ4v) is 3.31. The van der Waals surface area contributed by atoms with E-state index in [1.807, 2.05) is 18.2 Å². The Morgan fingerprint density at radius 1 is 0.938 bits per heavy atom. The van der Waals surface area contributed by atoms with Crippen molar-refractivity contribution in [2.45, 2.75) is 6.54 Å². The third-order valence-electron chi connectivity index (χ3n) is 4.67. The number of hydrogen-bond donors (Lipinski definition) is 2. The van der Waals surface area contributed by atoms with Crippen LogP contribution >= 0.6 is 11.6 Å². The summed E-state index contributed by atoms with van der Waals surface area (Å²) in [5, 5.41) is 10.3. The molecule has 0 aliphatic heterocycles. The third-order valence-corrected chi connectivity index (χ3v) is 4.99. The lowest BCUT2D eigenvalue weighted by atomic mass is 10.1. The van der Waals surface area contributed by atoms with E-state index in [9.17, 15) is 14.0 Å². The van der Waals surface area contributed by atoms with E-state index in [4.69, 9.17) is 11.6 Å². The lowest BCUT2D eigenvalue weighted by Crippen LogP contribution is -2.22. The number of para-hydroxylation sites is 1. The van der Waals surface area contributed by atoms with Crippen molar-refractivity contribution >= 4 is 29.1 Å². The molecule has 0 saturated heterocycles. The first-order chi connectivity index (χ1) is 15.5. The van der Waals surface area contributed by atoms with Crippen LogP contribution in [-0.2, 0) is 6.54 Å². The molecule has 0 bridgehead atoms. The number of aromatic nitrogens is 2. The van der Waals surface area contributed by atoms with Gasteiger partial charge in [-0.15, -0.1) is 0 Å². The molecule has 32 heavy (non-hydrogen) atoms. The monoisotopic (exact) mass is 448 g/mol. The van der Waals surface area contributed by atoms with Gasteiger partial charge in [0.1, 0.15) is 5.82 Å². The maximum Gasteiger partial charge on any atom is 0.255 e. The van der Waals surface area contributed by atoms with Crippen LogP contribution in [0.5, 0.6) is 0 Å². The number of amides is 2. The van der Waals surface area contributed by atoms with Gasteiger partial charge in [-0.2, -0.15) is 5.10 Å². The van der Waals surface area contributed by atoms with E-state index >= 15 is 0 Å². The quantitative estimate of drug-likeness (QED) is 0.443. The topological polar surface area (TPSA) is 76.0 Å². The smallest absolute Gasteiger partial charge is 0.255 e. The molecule has 1 aromatic heterocycles. The average Bonchev–Trinajstić information content (AvgIpc) is 3.28.